The summed E-state index contributed by atoms with van der Waals surface area (Å²) in [4.78, 5) is 33.0. The summed E-state index contributed by atoms with van der Waals surface area (Å²) in [7, 11) is 1.78. The van der Waals surface area contributed by atoms with E-state index in [2.05, 4.69) is 24.7 Å². The molecule has 48 heavy (non-hydrogen) atoms. The first-order chi connectivity index (χ1) is 22.6. The van der Waals surface area contributed by atoms with Crippen LogP contribution in [0.4, 0.5) is 41.1 Å². The number of nitrogens with zero attached hydrogens (tertiary/aromatic N) is 7. The highest BCUT2D eigenvalue weighted by molar-refractivity contribution is 5.83. The van der Waals surface area contributed by atoms with Crippen LogP contribution in [0.25, 0.3) is 39.1 Å². The van der Waals surface area contributed by atoms with Gasteiger partial charge in [0.1, 0.15) is 29.3 Å². The van der Waals surface area contributed by atoms with Crippen LogP contribution >= 0.6 is 0 Å². The summed E-state index contributed by atoms with van der Waals surface area (Å²) in [6.07, 6.45) is -8.34. The fraction of sp³-hybridized carbons (Fsp3) is 0.367. The fourth-order valence-electron chi connectivity index (χ4n) is 5.44. The summed E-state index contributed by atoms with van der Waals surface area (Å²) in [5.41, 5.74) is 0.551. The van der Waals surface area contributed by atoms with E-state index in [1.54, 1.807) is 25.2 Å². The van der Waals surface area contributed by atoms with E-state index < -0.39 is 42.3 Å². The number of fused-ring (bicyclic) bond motifs is 2. The third-order valence-electron chi connectivity index (χ3n) is 7.86. The molecule has 6 rings (SSSR count). The lowest BCUT2D eigenvalue weighted by atomic mass is 10.1. The minimum absolute atomic E-state index is 0.00989. The van der Waals surface area contributed by atoms with E-state index in [-0.39, 0.29) is 48.5 Å². The smallest absolute Gasteiger partial charge is 0.406 e. The lowest BCUT2D eigenvalue weighted by molar-refractivity contribution is -0.274. The summed E-state index contributed by atoms with van der Waals surface area (Å²) in [5.74, 6) is -2.97. The number of aryl methyl sites for hydroxylation is 1. The number of imidazole rings is 1. The highest BCUT2D eigenvalue weighted by Crippen LogP contribution is 2.29. The predicted molar refractivity (Wildman–Crippen MR) is 158 cm³/mol. The van der Waals surface area contributed by atoms with Crippen molar-refractivity contribution < 1.29 is 39.9 Å². The van der Waals surface area contributed by atoms with Gasteiger partial charge in [-0.1, -0.05) is 6.07 Å². The molecule has 2 aromatic carbocycles. The second-order valence-corrected chi connectivity index (χ2v) is 11.3. The summed E-state index contributed by atoms with van der Waals surface area (Å²) >= 11 is 0. The molecule has 0 amide bonds. The monoisotopic (exact) mass is 682 g/mol. The van der Waals surface area contributed by atoms with Crippen molar-refractivity contribution in [2.24, 2.45) is 7.05 Å². The number of nitrogens with one attached hydrogen (secondary N) is 1. The van der Waals surface area contributed by atoms with Gasteiger partial charge in [-0.3, -0.25) is 9.36 Å². The quantitative estimate of drug-likeness (QED) is 0.203. The van der Waals surface area contributed by atoms with Gasteiger partial charge in [0, 0.05) is 51.5 Å². The van der Waals surface area contributed by atoms with Crippen LogP contribution in [0, 0.1) is 0 Å². The van der Waals surface area contributed by atoms with E-state index in [4.69, 9.17) is 0 Å². The SMILES string of the molecule is Cn1c(CCN2CCC(F)(F)CC2)nc2ccc(-c3nc4cnc(NCC(F)(F)F)nc4n(-c4ccc(OC(F)(F)F)cc4)c3=O)cc21. The molecule has 1 N–H and O–H groups in total. The van der Waals surface area contributed by atoms with E-state index in [9.17, 15) is 39.9 Å². The van der Waals surface area contributed by atoms with Gasteiger partial charge in [-0.25, -0.2) is 23.7 Å². The number of halogens is 8. The van der Waals surface area contributed by atoms with Gasteiger partial charge in [0.25, 0.3) is 11.5 Å². The van der Waals surface area contributed by atoms with Crippen molar-refractivity contribution in [3.63, 3.8) is 0 Å². The minimum atomic E-state index is -4.96. The maximum Gasteiger partial charge on any atom is 0.573 e. The molecule has 0 atom stereocenters. The van der Waals surface area contributed by atoms with Crippen LogP contribution < -0.4 is 15.6 Å². The second kappa shape index (κ2) is 12.3. The van der Waals surface area contributed by atoms with Gasteiger partial charge in [0.15, 0.2) is 5.65 Å². The van der Waals surface area contributed by atoms with Gasteiger partial charge in [0.05, 0.1) is 22.9 Å². The molecule has 1 aliphatic rings. The summed E-state index contributed by atoms with van der Waals surface area (Å²) in [6, 6.07) is 9.23. The molecule has 0 unspecified atom stereocenters. The zero-order valence-electron chi connectivity index (χ0n) is 25.0. The van der Waals surface area contributed by atoms with Crippen LogP contribution in [0.5, 0.6) is 5.75 Å². The molecule has 18 heteroatoms. The maximum atomic E-state index is 14.0. The number of piperidine rings is 1. The topological polar surface area (TPSA) is 103 Å². The molecule has 0 spiro atoms. The molecule has 4 heterocycles. The van der Waals surface area contributed by atoms with E-state index >= 15 is 0 Å². The molecular formula is C30H26F8N8O2. The van der Waals surface area contributed by atoms with Crippen molar-refractivity contribution in [3.8, 4) is 22.7 Å². The van der Waals surface area contributed by atoms with E-state index in [0.29, 0.717) is 35.4 Å². The molecule has 10 nitrogen and oxygen atoms in total. The molecule has 0 radical (unpaired) electrons. The van der Waals surface area contributed by atoms with Gasteiger partial charge in [-0.05, 0) is 36.4 Å². The number of likely N-dealkylation sites (tertiary alicyclic amines) is 1. The Balaban J connectivity index is 1.38. The molecular weight excluding hydrogens is 656 g/mol. The fourth-order valence-corrected chi connectivity index (χ4v) is 5.44. The van der Waals surface area contributed by atoms with Crippen LogP contribution in [-0.4, -0.2) is 78.6 Å². The number of alkyl halides is 8. The average molecular weight is 683 g/mol. The van der Waals surface area contributed by atoms with Gasteiger partial charge in [-0.2, -0.15) is 18.2 Å². The van der Waals surface area contributed by atoms with Gasteiger partial charge in [0.2, 0.25) is 5.95 Å². The lowest BCUT2D eigenvalue weighted by Crippen LogP contribution is -2.40. The minimum Gasteiger partial charge on any atom is -0.406 e. The Kier molecular flexibility index (Phi) is 8.47. The molecule has 254 valence electrons. The Labute approximate surface area is 266 Å². The number of ether oxygens (including phenoxy) is 1. The van der Waals surface area contributed by atoms with Crippen molar-refractivity contribution in [1.29, 1.82) is 0 Å². The third kappa shape index (κ3) is 7.32. The Bertz CT molecular complexity index is 2010. The van der Waals surface area contributed by atoms with E-state index in [0.717, 1.165) is 35.0 Å². The second-order valence-electron chi connectivity index (χ2n) is 11.3. The first-order valence-corrected chi connectivity index (χ1v) is 14.6. The van der Waals surface area contributed by atoms with Crippen LogP contribution in [0.2, 0.25) is 0 Å². The summed E-state index contributed by atoms with van der Waals surface area (Å²) in [6.45, 7) is -0.368. The number of rotatable bonds is 8. The zero-order valence-corrected chi connectivity index (χ0v) is 25.0. The molecule has 1 fully saturated rings. The highest BCUT2D eigenvalue weighted by atomic mass is 19.4. The largest absolute Gasteiger partial charge is 0.573 e. The molecule has 0 saturated carbocycles. The number of hydrogen-bond acceptors (Lipinski definition) is 8. The van der Waals surface area contributed by atoms with E-state index in [1.807, 2.05) is 14.8 Å². The molecule has 0 aliphatic carbocycles. The van der Waals surface area contributed by atoms with Gasteiger partial charge < -0.3 is 19.5 Å². The molecule has 1 aliphatic heterocycles. The number of aromatic nitrogens is 6. The van der Waals surface area contributed by atoms with Crippen LogP contribution in [-0.2, 0) is 13.5 Å². The van der Waals surface area contributed by atoms with Crippen molar-refractivity contribution in [3.05, 3.63) is 64.8 Å². The Morgan fingerprint density at radius 3 is 2.31 bits per heavy atom. The zero-order chi connectivity index (χ0) is 34.4. The van der Waals surface area contributed by atoms with Crippen LogP contribution in [0.15, 0.2) is 53.5 Å². The Hall–Kier alpha value is -4.87. The Morgan fingerprint density at radius 1 is 0.938 bits per heavy atom. The number of benzene rings is 2. The first-order valence-electron chi connectivity index (χ1n) is 14.6. The lowest BCUT2D eigenvalue weighted by Gasteiger charge is -2.31. The van der Waals surface area contributed by atoms with Crippen LogP contribution in [0.1, 0.15) is 18.7 Å². The number of hydrogen-bond donors (Lipinski definition) is 1. The maximum absolute atomic E-state index is 14.0. The standard InChI is InChI=1S/C30H26F8N8O2/c1-44-22-14-17(2-7-20(22)41-23(44)8-11-45-12-9-28(31,32)10-13-45)24-26(47)46(18-3-5-19(6-4-18)48-30(36,37)38)25-21(42-24)15-39-27(43-25)40-16-29(33,34)35/h2-7,14-15H,8-13,16H2,1H3,(H,39,40,43). The van der Waals surface area contributed by atoms with Crippen molar-refractivity contribution in [1.82, 2.24) is 34.0 Å². The Morgan fingerprint density at radius 2 is 1.65 bits per heavy atom. The summed E-state index contributed by atoms with van der Waals surface area (Å²) < 4.78 is 111. The normalized spacial score (nSPS) is 15.7. The predicted octanol–water partition coefficient (Wildman–Crippen LogP) is 5.88. The van der Waals surface area contributed by atoms with Gasteiger partial charge >= 0.3 is 12.5 Å². The average Bonchev–Trinajstić information content (AvgIpc) is 3.33. The summed E-state index contributed by atoms with van der Waals surface area (Å²) in [5, 5.41) is 2.04. The molecule has 1 saturated heterocycles. The highest BCUT2D eigenvalue weighted by Gasteiger charge is 2.34. The van der Waals surface area contributed by atoms with Crippen molar-refractivity contribution in [2.45, 2.75) is 37.7 Å². The van der Waals surface area contributed by atoms with Crippen LogP contribution in [0.3, 0.4) is 0 Å². The molecule has 0 bridgehead atoms. The van der Waals surface area contributed by atoms with Crippen molar-refractivity contribution in [2.75, 3.05) is 31.5 Å². The van der Waals surface area contributed by atoms with Crippen molar-refractivity contribution >= 4 is 28.1 Å². The first kappa shape index (κ1) is 33.0. The van der Waals surface area contributed by atoms with Gasteiger partial charge in [-0.15, -0.1) is 13.2 Å². The molecule has 3 aromatic heterocycles. The number of anilines is 1. The van der Waals surface area contributed by atoms with E-state index in [1.165, 1.54) is 0 Å². The third-order valence-corrected chi connectivity index (χ3v) is 7.86. The molecule has 5 aromatic rings.